The van der Waals surface area contributed by atoms with Crippen LogP contribution in [0.3, 0.4) is 0 Å². The second kappa shape index (κ2) is 6.28. The highest BCUT2D eigenvalue weighted by atomic mass is 35.5. The summed E-state index contributed by atoms with van der Waals surface area (Å²) in [5.41, 5.74) is 0.663. The average molecular weight is 322 g/mol. The molecule has 8 heteroatoms. The lowest BCUT2D eigenvalue weighted by Gasteiger charge is -2.10. The molecule has 0 bridgehead atoms. The fourth-order valence-electron chi connectivity index (χ4n) is 1.57. The summed E-state index contributed by atoms with van der Waals surface area (Å²) in [6, 6.07) is 4.47. The minimum absolute atomic E-state index is 0.0627. The third kappa shape index (κ3) is 3.52. The van der Waals surface area contributed by atoms with Crippen LogP contribution in [0.5, 0.6) is 5.75 Å². The van der Waals surface area contributed by atoms with Crippen molar-refractivity contribution in [3.05, 3.63) is 40.4 Å². The van der Waals surface area contributed by atoms with Crippen molar-refractivity contribution in [2.24, 2.45) is 7.05 Å². The zero-order valence-electron chi connectivity index (χ0n) is 10.4. The third-order valence-electron chi connectivity index (χ3n) is 2.63. The summed E-state index contributed by atoms with van der Waals surface area (Å²) in [6.07, 6.45) is 1.55. The van der Waals surface area contributed by atoms with Gasteiger partial charge in [-0.15, -0.1) is 0 Å². The quantitative estimate of drug-likeness (QED) is 0.906. The van der Waals surface area contributed by atoms with E-state index in [2.05, 4.69) is 15.0 Å². The summed E-state index contributed by atoms with van der Waals surface area (Å²) in [4.78, 5) is 4.12. The molecule has 1 N–H and O–H groups in total. The number of nitrogens with one attached hydrogen (secondary N) is 1. The maximum atomic E-state index is 12.1. The second-order valence-electron chi connectivity index (χ2n) is 3.93. The Labute approximate surface area is 124 Å². The van der Waals surface area contributed by atoms with E-state index in [9.17, 15) is 8.78 Å². The van der Waals surface area contributed by atoms with Gasteiger partial charge in [-0.05, 0) is 18.2 Å². The number of hydrogen-bond donors (Lipinski definition) is 1. The maximum absolute atomic E-state index is 12.1. The summed E-state index contributed by atoms with van der Waals surface area (Å²) in [5, 5.41) is 3.70. The van der Waals surface area contributed by atoms with E-state index in [1.807, 2.05) is 0 Å². The lowest BCUT2D eigenvalue weighted by atomic mass is 10.3. The van der Waals surface area contributed by atoms with Gasteiger partial charge in [0.15, 0.2) is 0 Å². The highest BCUT2D eigenvalue weighted by molar-refractivity contribution is 6.32. The zero-order valence-corrected chi connectivity index (χ0v) is 11.9. The summed E-state index contributed by atoms with van der Waals surface area (Å²) >= 11 is 11.7. The van der Waals surface area contributed by atoms with E-state index in [1.165, 1.54) is 12.1 Å². The number of hydrogen-bond acceptors (Lipinski definition) is 3. The first-order chi connectivity index (χ1) is 9.47. The molecule has 2 rings (SSSR count). The number of imidazole rings is 1. The van der Waals surface area contributed by atoms with Crippen LogP contribution in [0, 0.1) is 0 Å². The largest absolute Gasteiger partial charge is 0.433 e. The SMILES string of the molecule is Cn1c(Cl)cnc1CNc1ccc(OC(F)F)c(Cl)c1. The van der Waals surface area contributed by atoms with Crippen molar-refractivity contribution in [1.29, 1.82) is 0 Å². The smallest absolute Gasteiger partial charge is 0.387 e. The molecule has 0 unspecified atom stereocenters. The number of ether oxygens (including phenoxy) is 1. The van der Waals surface area contributed by atoms with Gasteiger partial charge in [0.2, 0.25) is 0 Å². The van der Waals surface area contributed by atoms with Crippen molar-refractivity contribution >= 4 is 28.9 Å². The van der Waals surface area contributed by atoms with E-state index < -0.39 is 6.61 Å². The van der Waals surface area contributed by atoms with Crippen molar-refractivity contribution in [3.8, 4) is 5.75 Å². The number of anilines is 1. The molecule has 0 radical (unpaired) electrons. The molecule has 0 aliphatic rings. The summed E-state index contributed by atoms with van der Waals surface area (Å²) in [5.74, 6) is 0.672. The van der Waals surface area contributed by atoms with E-state index in [4.69, 9.17) is 23.2 Å². The Morgan fingerprint density at radius 2 is 2.15 bits per heavy atom. The number of nitrogens with zero attached hydrogens (tertiary/aromatic N) is 2. The number of rotatable bonds is 5. The standard InChI is InChI=1S/C12H11Cl2F2N3O/c1-19-10(14)5-18-11(19)6-17-7-2-3-9(8(13)4-7)20-12(15)16/h2-5,12,17H,6H2,1H3. The number of alkyl halides is 2. The van der Waals surface area contributed by atoms with Crippen molar-refractivity contribution in [2.75, 3.05) is 5.32 Å². The Hall–Kier alpha value is -1.53. The van der Waals surface area contributed by atoms with Crippen LogP contribution in [0.15, 0.2) is 24.4 Å². The Kier molecular flexibility index (Phi) is 4.67. The van der Waals surface area contributed by atoms with Crippen LogP contribution in [0.4, 0.5) is 14.5 Å². The van der Waals surface area contributed by atoms with Gasteiger partial charge in [-0.1, -0.05) is 23.2 Å². The molecule has 1 aromatic heterocycles. The fraction of sp³-hybridized carbons (Fsp3) is 0.250. The summed E-state index contributed by atoms with van der Waals surface area (Å²) in [7, 11) is 1.79. The summed E-state index contributed by atoms with van der Waals surface area (Å²) < 4.78 is 30.2. The molecule has 0 aliphatic heterocycles. The molecule has 0 fully saturated rings. The van der Waals surface area contributed by atoms with E-state index in [1.54, 1.807) is 23.9 Å². The van der Waals surface area contributed by atoms with Gasteiger partial charge < -0.3 is 14.6 Å². The molecule has 1 heterocycles. The van der Waals surface area contributed by atoms with Gasteiger partial charge in [0.05, 0.1) is 17.8 Å². The van der Waals surface area contributed by atoms with Crippen LogP contribution in [0.25, 0.3) is 0 Å². The predicted molar refractivity (Wildman–Crippen MR) is 73.6 cm³/mol. The third-order valence-corrected chi connectivity index (χ3v) is 3.27. The Morgan fingerprint density at radius 3 is 2.70 bits per heavy atom. The highest BCUT2D eigenvalue weighted by Gasteiger charge is 2.09. The first kappa shape index (κ1) is 14.9. The Bertz CT molecular complexity index is 604. The molecule has 2 aromatic rings. The molecule has 20 heavy (non-hydrogen) atoms. The molecule has 0 atom stereocenters. The molecule has 4 nitrogen and oxygen atoms in total. The van der Waals surface area contributed by atoms with Gasteiger partial charge in [-0.3, -0.25) is 0 Å². The molecule has 0 spiro atoms. The van der Waals surface area contributed by atoms with Crippen LogP contribution in [0.2, 0.25) is 10.2 Å². The van der Waals surface area contributed by atoms with Crippen LogP contribution in [-0.4, -0.2) is 16.2 Å². The monoisotopic (exact) mass is 321 g/mol. The van der Waals surface area contributed by atoms with Crippen molar-refractivity contribution < 1.29 is 13.5 Å². The lowest BCUT2D eigenvalue weighted by Crippen LogP contribution is -2.06. The molecular formula is C12H11Cl2F2N3O. The van der Waals surface area contributed by atoms with Gasteiger partial charge in [0.1, 0.15) is 16.7 Å². The van der Waals surface area contributed by atoms with Crippen LogP contribution < -0.4 is 10.1 Å². The summed E-state index contributed by atoms with van der Waals surface area (Å²) in [6.45, 7) is -2.48. The number of aromatic nitrogens is 2. The van der Waals surface area contributed by atoms with E-state index in [0.717, 1.165) is 5.82 Å². The highest BCUT2D eigenvalue weighted by Crippen LogP contribution is 2.29. The van der Waals surface area contributed by atoms with Gasteiger partial charge >= 0.3 is 6.61 Å². The van der Waals surface area contributed by atoms with Gasteiger partial charge in [0, 0.05) is 12.7 Å². The molecule has 1 aromatic carbocycles. The first-order valence-corrected chi connectivity index (χ1v) is 6.37. The molecule has 108 valence electrons. The molecule has 0 saturated heterocycles. The lowest BCUT2D eigenvalue weighted by molar-refractivity contribution is -0.0497. The van der Waals surface area contributed by atoms with Crippen molar-refractivity contribution in [2.45, 2.75) is 13.2 Å². The topological polar surface area (TPSA) is 39.1 Å². The van der Waals surface area contributed by atoms with E-state index >= 15 is 0 Å². The molecular weight excluding hydrogens is 311 g/mol. The normalized spacial score (nSPS) is 10.9. The van der Waals surface area contributed by atoms with Gasteiger partial charge in [-0.2, -0.15) is 8.78 Å². The number of benzene rings is 1. The van der Waals surface area contributed by atoms with Crippen LogP contribution in [0.1, 0.15) is 5.82 Å². The van der Waals surface area contributed by atoms with E-state index in [0.29, 0.717) is 17.4 Å². The van der Waals surface area contributed by atoms with Crippen LogP contribution in [-0.2, 0) is 13.6 Å². The first-order valence-electron chi connectivity index (χ1n) is 5.61. The van der Waals surface area contributed by atoms with E-state index in [-0.39, 0.29) is 10.8 Å². The van der Waals surface area contributed by atoms with Crippen molar-refractivity contribution in [3.63, 3.8) is 0 Å². The molecule has 0 saturated carbocycles. The fourth-order valence-corrected chi connectivity index (χ4v) is 1.94. The van der Waals surface area contributed by atoms with Crippen LogP contribution >= 0.6 is 23.2 Å². The Morgan fingerprint density at radius 1 is 1.40 bits per heavy atom. The van der Waals surface area contributed by atoms with Gasteiger partial charge in [-0.25, -0.2) is 4.98 Å². The van der Waals surface area contributed by atoms with Gasteiger partial charge in [0.25, 0.3) is 0 Å². The zero-order chi connectivity index (χ0) is 14.7. The Balaban J connectivity index is 2.03. The predicted octanol–water partition coefficient (Wildman–Crippen LogP) is 3.94. The second-order valence-corrected chi connectivity index (χ2v) is 4.73. The molecule has 0 amide bonds. The minimum atomic E-state index is -2.90. The van der Waals surface area contributed by atoms with Crippen molar-refractivity contribution in [1.82, 2.24) is 9.55 Å². The average Bonchev–Trinajstić information content (AvgIpc) is 2.70. The maximum Gasteiger partial charge on any atom is 0.387 e. The molecule has 0 aliphatic carbocycles. The minimum Gasteiger partial charge on any atom is -0.433 e. The number of halogens is 4.